The van der Waals surface area contributed by atoms with E-state index in [1.807, 2.05) is 55.5 Å². The molecule has 0 spiro atoms. The second-order valence-corrected chi connectivity index (χ2v) is 11.7. The van der Waals surface area contributed by atoms with Crippen LogP contribution >= 0.6 is 0 Å². The van der Waals surface area contributed by atoms with Crippen LogP contribution in [-0.4, -0.2) is 30.6 Å². The van der Waals surface area contributed by atoms with Crippen molar-refractivity contribution in [3.63, 3.8) is 0 Å². The van der Waals surface area contributed by atoms with Gasteiger partial charge in [0.25, 0.3) is 6.47 Å². The van der Waals surface area contributed by atoms with Gasteiger partial charge in [0.15, 0.2) is 11.5 Å². The van der Waals surface area contributed by atoms with Gasteiger partial charge in [-0.15, -0.1) is 0 Å². The number of benzene rings is 2. The van der Waals surface area contributed by atoms with Gasteiger partial charge in [-0.05, 0) is 80.8 Å². The lowest BCUT2D eigenvalue weighted by molar-refractivity contribution is -0.204. The number of hydrogen-bond donors (Lipinski definition) is 0. The van der Waals surface area contributed by atoms with Crippen LogP contribution in [0.4, 0.5) is 0 Å². The Kier molecular flexibility index (Phi) is 7.60. The maximum atomic E-state index is 14.1. The Morgan fingerprint density at radius 1 is 0.947 bits per heavy atom. The number of hydrogen-bond acceptors (Lipinski definition) is 6. The summed E-state index contributed by atoms with van der Waals surface area (Å²) in [6.45, 7) is 4.12. The molecule has 6 nitrogen and oxygen atoms in total. The van der Waals surface area contributed by atoms with E-state index >= 15 is 0 Å². The van der Waals surface area contributed by atoms with Crippen molar-refractivity contribution in [2.45, 2.75) is 76.4 Å². The first kappa shape index (κ1) is 26.5. The summed E-state index contributed by atoms with van der Waals surface area (Å²) in [6, 6.07) is 17.1. The van der Waals surface area contributed by atoms with Gasteiger partial charge in [0.1, 0.15) is 5.60 Å². The molecule has 4 saturated carbocycles. The van der Waals surface area contributed by atoms with E-state index in [-0.39, 0.29) is 6.61 Å². The molecule has 6 rings (SSSR count). The van der Waals surface area contributed by atoms with Crippen molar-refractivity contribution < 1.29 is 28.6 Å². The summed E-state index contributed by atoms with van der Waals surface area (Å²) >= 11 is 0. The van der Waals surface area contributed by atoms with E-state index in [0.717, 1.165) is 36.8 Å². The van der Waals surface area contributed by atoms with E-state index in [0.29, 0.717) is 36.2 Å². The second-order valence-electron chi connectivity index (χ2n) is 11.7. The quantitative estimate of drug-likeness (QED) is 0.116. The first-order chi connectivity index (χ1) is 18.4. The monoisotopic (exact) mass is 518 g/mol. The summed E-state index contributed by atoms with van der Waals surface area (Å²) in [5, 5.41) is 0. The van der Waals surface area contributed by atoms with Crippen molar-refractivity contribution in [2.24, 2.45) is 23.7 Å². The van der Waals surface area contributed by atoms with Crippen molar-refractivity contribution in [2.75, 3.05) is 6.61 Å². The topological polar surface area (TPSA) is 78.9 Å². The molecule has 0 heterocycles. The van der Waals surface area contributed by atoms with Crippen LogP contribution in [0.15, 0.2) is 54.6 Å². The summed E-state index contributed by atoms with van der Waals surface area (Å²) in [5.74, 6) is -1.13. The molecule has 0 saturated heterocycles. The number of rotatable bonds is 11. The van der Waals surface area contributed by atoms with Gasteiger partial charge < -0.3 is 14.2 Å². The van der Waals surface area contributed by atoms with Gasteiger partial charge in [-0.25, -0.2) is 0 Å². The first-order valence-corrected chi connectivity index (χ1v) is 14.0. The number of carbonyl (C=O) groups is 3. The van der Waals surface area contributed by atoms with Crippen LogP contribution in [0, 0.1) is 23.7 Å². The minimum Gasteiger partial charge on any atom is -0.465 e. The third kappa shape index (κ3) is 5.10. The molecule has 0 amide bonds. The molecule has 38 heavy (non-hydrogen) atoms. The van der Waals surface area contributed by atoms with Crippen LogP contribution in [0.5, 0.6) is 0 Å². The SMILES string of the molecule is CCCCOC(=O)C(C(=O)OC12CC3CC(CC(C3)C1)C2)C(C)(OC=O)c1ccccc1-c1ccccc1. The van der Waals surface area contributed by atoms with Crippen molar-refractivity contribution in [1.82, 2.24) is 0 Å². The Bertz CT molecular complexity index is 1120. The highest BCUT2D eigenvalue weighted by Gasteiger charge is 2.57. The zero-order valence-electron chi connectivity index (χ0n) is 22.4. The molecule has 2 aromatic rings. The Morgan fingerprint density at radius 2 is 1.55 bits per heavy atom. The molecule has 4 aliphatic carbocycles. The molecule has 4 fully saturated rings. The maximum Gasteiger partial charge on any atom is 0.325 e. The van der Waals surface area contributed by atoms with E-state index in [2.05, 4.69) is 0 Å². The molecule has 0 radical (unpaired) electrons. The minimum atomic E-state index is -1.63. The molecule has 4 bridgehead atoms. The molecule has 4 aliphatic rings. The fourth-order valence-electron chi connectivity index (χ4n) is 7.55. The summed E-state index contributed by atoms with van der Waals surface area (Å²) in [6.07, 6.45) is 7.65. The van der Waals surface area contributed by atoms with E-state index < -0.39 is 29.1 Å². The summed E-state index contributed by atoms with van der Waals surface area (Å²) in [5.41, 5.74) is 0.0343. The predicted octanol–water partition coefficient (Wildman–Crippen LogP) is 6.21. The molecule has 0 aliphatic heterocycles. The Labute approximate surface area is 225 Å². The van der Waals surface area contributed by atoms with Crippen LogP contribution in [0.2, 0.25) is 0 Å². The Hall–Kier alpha value is -3.15. The molecular formula is C32H38O6. The molecule has 2 unspecified atom stereocenters. The van der Waals surface area contributed by atoms with Gasteiger partial charge in [-0.3, -0.25) is 14.4 Å². The number of carbonyl (C=O) groups excluding carboxylic acids is 3. The smallest absolute Gasteiger partial charge is 0.325 e. The number of esters is 2. The molecule has 2 aromatic carbocycles. The van der Waals surface area contributed by atoms with Crippen LogP contribution in [0.1, 0.15) is 70.8 Å². The minimum absolute atomic E-state index is 0.188. The average molecular weight is 519 g/mol. The largest absolute Gasteiger partial charge is 0.465 e. The lowest BCUT2D eigenvalue weighted by atomic mass is 9.54. The second kappa shape index (κ2) is 10.9. The summed E-state index contributed by atoms with van der Waals surface area (Å²) in [7, 11) is 0. The normalized spacial score (nSPS) is 27.7. The van der Waals surface area contributed by atoms with Gasteiger partial charge in [-0.2, -0.15) is 0 Å². The van der Waals surface area contributed by atoms with Gasteiger partial charge >= 0.3 is 11.9 Å². The molecule has 0 aromatic heterocycles. The van der Waals surface area contributed by atoms with E-state index in [9.17, 15) is 14.4 Å². The summed E-state index contributed by atoms with van der Waals surface area (Å²) < 4.78 is 17.7. The average Bonchev–Trinajstić information content (AvgIpc) is 2.88. The lowest BCUT2D eigenvalue weighted by Crippen LogP contribution is -2.55. The molecule has 202 valence electrons. The van der Waals surface area contributed by atoms with E-state index in [4.69, 9.17) is 14.2 Å². The van der Waals surface area contributed by atoms with Gasteiger partial charge in [0, 0.05) is 5.56 Å². The highest BCUT2D eigenvalue weighted by molar-refractivity contribution is 5.97. The number of unbranched alkanes of at least 4 members (excludes halogenated alkanes) is 1. The third-order valence-corrected chi connectivity index (χ3v) is 8.90. The molecular weight excluding hydrogens is 480 g/mol. The highest BCUT2D eigenvalue weighted by Crippen LogP contribution is 2.57. The van der Waals surface area contributed by atoms with E-state index in [1.54, 1.807) is 13.0 Å². The summed E-state index contributed by atoms with van der Waals surface area (Å²) in [4.78, 5) is 39.7. The van der Waals surface area contributed by atoms with Crippen molar-refractivity contribution in [3.8, 4) is 11.1 Å². The van der Waals surface area contributed by atoms with Crippen LogP contribution < -0.4 is 0 Å². The van der Waals surface area contributed by atoms with Crippen LogP contribution in [0.25, 0.3) is 11.1 Å². The van der Waals surface area contributed by atoms with Crippen molar-refractivity contribution in [1.29, 1.82) is 0 Å². The molecule has 6 heteroatoms. The predicted molar refractivity (Wildman–Crippen MR) is 143 cm³/mol. The number of ether oxygens (including phenoxy) is 3. The standard InChI is InChI=1S/C32H38O6/c1-3-4-14-36-29(34)28(30(35)38-32-18-22-15-23(19-32)17-24(16-22)20-32)31(2,37-21-33)27-13-9-8-12-26(27)25-10-6-5-7-11-25/h5-13,21-24,28H,3-4,14-20H2,1-2H3. The zero-order valence-corrected chi connectivity index (χ0v) is 22.4. The third-order valence-electron chi connectivity index (χ3n) is 8.90. The first-order valence-electron chi connectivity index (χ1n) is 14.0. The van der Waals surface area contributed by atoms with Crippen molar-refractivity contribution >= 4 is 18.4 Å². The van der Waals surface area contributed by atoms with Crippen LogP contribution in [-0.2, 0) is 34.2 Å². The molecule has 2 atom stereocenters. The fourth-order valence-corrected chi connectivity index (χ4v) is 7.55. The zero-order chi connectivity index (χ0) is 26.8. The maximum absolute atomic E-state index is 14.1. The van der Waals surface area contributed by atoms with Crippen molar-refractivity contribution in [3.05, 3.63) is 60.2 Å². The Morgan fingerprint density at radius 3 is 2.16 bits per heavy atom. The fraction of sp³-hybridized carbons (Fsp3) is 0.531. The van der Waals surface area contributed by atoms with Gasteiger partial charge in [-0.1, -0.05) is 67.9 Å². The van der Waals surface area contributed by atoms with Crippen LogP contribution in [0.3, 0.4) is 0 Å². The van der Waals surface area contributed by atoms with Gasteiger partial charge in [0.2, 0.25) is 0 Å². The Balaban J connectivity index is 1.54. The van der Waals surface area contributed by atoms with Gasteiger partial charge in [0.05, 0.1) is 6.61 Å². The van der Waals surface area contributed by atoms with E-state index in [1.165, 1.54) is 19.3 Å². The lowest BCUT2D eigenvalue weighted by Gasteiger charge is -2.56. The highest BCUT2D eigenvalue weighted by atomic mass is 16.6. The molecule has 0 N–H and O–H groups in total.